The first kappa shape index (κ1) is 25.2. The summed E-state index contributed by atoms with van der Waals surface area (Å²) in [6.45, 7) is 3.75. The molecule has 0 saturated carbocycles. The lowest BCUT2D eigenvalue weighted by Gasteiger charge is -2.23. The molecular formula is C28H22ClN3O3S2. The number of Topliss-reactive ketones (excluding diaryl/α,β-unsaturated/α-hetero) is 1. The van der Waals surface area contributed by atoms with E-state index in [0.29, 0.717) is 26.2 Å². The molecule has 3 aromatic carbocycles. The van der Waals surface area contributed by atoms with Crippen LogP contribution in [0.1, 0.15) is 33.9 Å². The SMILES string of the molecule is Cc1ccc(C)c(C(O)=C2C(=O)C(=O)N(c3nnc(SCc4ccccc4)s3)C2c2cccc(Cl)c2)c1. The summed E-state index contributed by atoms with van der Waals surface area (Å²) in [5.41, 5.74) is 3.93. The van der Waals surface area contributed by atoms with Gasteiger partial charge in [-0.15, -0.1) is 10.2 Å². The van der Waals surface area contributed by atoms with Crippen LogP contribution in [-0.2, 0) is 15.3 Å². The molecule has 2 heterocycles. The van der Waals surface area contributed by atoms with E-state index in [-0.39, 0.29) is 16.5 Å². The lowest BCUT2D eigenvalue weighted by molar-refractivity contribution is -0.132. The molecule has 1 aliphatic heterocycles. The van der Waals surface area contributed by atoms with Crippen LogP contribution in [0.2, 0.25) is 5.02 Å². The topological polar surface area (TPSA) is 83.4 Å². The number of rotatable bonds is 6. The summed E-state index contributed by atoms with van der Waals surface area (Å²) in [7, 11) is 0. The van der Waals surface area contributed by atoms with Gasteiger partial charge in [0.2, 0.25) is 5.13 Å². The summed E-state index contributed by atoms with van der Waals surface area (Å²) in [5, 5.41) is 20.6. The van der Waals surface area contributed by atoms with E-state index in [2.05, 4.69) is 10.2 Å². The molecule has 1 N–H and O–H groups in total. The van der Waals surface area contributed by atoms with E-state index in [0.717, 1.165) is 16.7 Å². The number of carbonyl (C=O) groups excluding carboxylic acids is 2. The van der Waals surface area contributed by atoms with Crippen molar-refractivity contribution in [2.24, 2.45) is 0 Å². The Kier molecular flexibility index (Phi) is 7.15. The van der Waals surface area contributed by atoms with Crippen molar-refractivity contribution in [2.45, 2.75) is 30.0 Å². The summed E-state index contributed by atoms with van der Waals surface area (Å²) in [6.07, 6.45) is 0. The molecule has 0 aliphatic carbocycles. The number of aromatic nitrogens is 2. The van der Waals surface area contributed by atoms with Crippen LogP contribution in [0.3, 0.4) is 0 Å². The monoisotopic (exact) mass is 547 g/mol. The quantitative estimate of drug-likeness (QED) is 0.0947. The Morgan fingerprint density at radius 3 is 2.57 bits per heavy atom. The van der Waals surface area contributed by atoms with Crippen molar-refractivity contribution < 1.29 is 14.7 Å². The summed E-state index contributed by atoms with van der Waals surface area (Å²) in [6, 6.07) is 21.6. The normalized spacial score (nSPS) is 16.9. The zero-order valence-electron chi connectivity index (χ0n) is 20.0. The number of aliphatic hydroxyl groups excluding tert-OH is 1. The highest BCUT2D eigenvalue weighted by Gasteiger charge is 2.48. The van der Waals surface area contributed by atoms with E-state index in [1.807, 2.05) is 56.3 Å². The minimum absolute atomic E-state index is 0.00495. The summed E-state index contributed by atoms with van der Waals surface area (Å²) in [5.74, 6) is -1.08. The van der Waals surface area contributed by atoms with Gasteiger partial charge in [-0.3, -0.25) is 14.5 Å². The number of amides is 1. The lowest BCUT2D eigenvalue weighted by Crippen LogP contribution is -2.29. The first-order valence-electron chi connectivity index (χ1n) is 11.5. The van der Waals surface area contributed by atoms with Crippen LogP contribution in [0.5, 0.6) is 0 Å². The average molecular weight is 548 g/mol. The molecule has 0 bridgehead atoms. The fourth-order valence-electron chi connectivity index (χ4n) is 4.24. The summed E-state index contributed by atoms with van der Waals surface area (Å²) in [4.78, 5) is 28.1. The molecule has 1 unspecified atom stereocenters. The van der Waals surface area contributed by atoms with E-state index in [1.165, 1.54) is 28.0 Å². The Balaban J connectivity index is 1.58. The molecule has 9 heteroatoms. The number of hydrogen-bond donors (Lipinski definition) is 1. The lowest BCUT2D eigenvalue weighted by atomic mass is 9.93. The van der Waals surface area contributed by atoms with E-state index in [9.17, 15) is 14.7 Å². The van der Waals surface area contributed by atoms with Gasteiger partial charge in [-0.25, -0.2) is 0 Å². The second kappa shape index (κ2) is 10.5. The van der Waals surface area contributed by atoms with Gasteiger partial charge in [0.15, 0.2) is 4.34 Å². The van der Waals surface area contributed by atoms with E-state index >= 15 is 0 Å². The first-order valence-corrected chi connectivity index (χ1v) is 13.7. The second-order valence-corrected chi connectivity index (χ2v) is 11.3. The van der Waals surface area contributed by atoms with Crippen LogP contribution in [0.25, 0.3) is 5.76 Å². The largest absolute Gasteiger partial charge is 0.507 e. The molecular weight excluding hydrogens is 526 g/mol. The van der Waals surface area contributed by atoms with E-state index in [1.54, 1.807) is 30.3 Å². The van der Waals surface area contributed by atoms with Gasteiger partial charge in [0, 0.05) is 16.3 Å². The molecule has 1 saturated heterocycles. The molecule has 1 atom stereocenters. The number of aryl methyl sites for hydroxylation is 2. The summed E-state index contributed by atoms with van der Waals surface area (Å²) >= 11 is 9.02. The highest BCUT2D eigenvalue weighted by Crippen LogP contribution is 2.44. The van der Waals surface area contributed by atoms with Crippen LogP contribution in [0.4, 0.5) is 5.13 Å². The van der Waals surface area contributed by atoms with E-state index in [4.69, 9.17) is 11.6 Å². The number of nitrogens with zero attached hydrogens (tertiary/aromatic N) is 3. The standard InChI is InChI=1S/C28H22ClN3O3S2/c1-16-11-12-17(2)21(13-16)24(33)22-23(19-9-6-10-20(29)14-19)32(26(35)25(22)34)27-30-31-28(37-27)36-15-18-7-4-3-5-8-18/h3-14,23,33H,15H2,1-2H3. The number of carbonyl (C=O) groups is 2. The van der Waals surface area contributed by atoms with Crippen LogP contribution >= 0.6 is 34.7 Å². The number of halogens is 1. The van der Waals surface area contributed by atoms with Gasteiger partial charge in [0.05, 0.1) is 11.6 Å². The number of anilines is 1. The fraction of sp³-hybridized carbons (Fsp3) is 0.143. The maximum Gasteiger partial charge on any atom is 0.301 e. The van der Waals surface area contributed by atoms with Gasteiger partial charge in [-0.05, 0) is 48.7 Å². The van der Waals surface area contributed by atoms with Crippen LogP contribution in [-0.4, -0.2) is 27.0 Å². The highest BCUT2D eigenvalue weighted by atomic mass is 35.5. The molecule has 0 spiro atoms. The third-order valence-corrected chi connectivity index (χ3v) is 8.43. The molecule has 1 fully saturated rings. The number of hydrogen-bond acceptors (Lipinski definition) is 7. The highest BCUT2D eigenvalue weighted by molar-refractivity contribution is 8.00. The molecule has 1 amide bonds. The molecule has 37 heavy (non-hydrogen) atoms. The van der Waals surface area contributed by atoms with Crippen molar-refractivity contribution >= 4 is 57.3 Å². The predicted octanol–water partition coefficient (Wildman–Crippen LogP) is 6.73. The molecule has 1 aliphatic rings. The fourth-order valence-corrected chi connectivity index (χ4v) is 6.26. The number of thioether (sulfide) groups is 1. The molecule has 1 aromatic heterocycles. The minimum atomic E-state index is -0.904. The van der Waals surface area contributed by atoms with E-state index < -0.39 is 17.7 Å². The predicted molar refractivity (Wildman–Crippen MR) is 148 cm³/mol. The maximum atomic E-state index is 13.4. The van der Waals surface area contributed by atoms with Crippen LogP contribution in [0, 0.1) is 13.8 Å². The number of aliphatic hydroxyl groups is 1. The van der Waals surface area contributed by atoms with Gasteiger partial charge < -0.3 is 5.11 Å². The van der Waals surface area contributed by atoms with Gasteiger partial charge in [-0.2, -0.15) is 0 Å². The van der Waals surface area contributed by atoms with Crippen molar-refractivity contribution in [1.29, 1.82) is 0 Å². The van der Waals surface area contributed by atoms with Gasteiger partial charge in [-0.1, -0.05) is 94.9 Å². The van der Waals surface area contributed by atoms with Crippen LogP contribution in [0.15, 0.2) is 82.7 Å². The third kappa shape index (κ3) is 5.05. The zero-order chi connectivity index (χ0) is 26.1. The Morgan fingerprint density at radius 2 is 1.81 bits per heavy atom. The smallest absolute Gasteiger partial charge is 0.301 e. The Morgan fingerprint density at radius 1 is 1.03 bits per heavy atom. The molecule has 5 rings (SSSR count). The molecule has 0 radical (unpaired) electrons. The Labute approximate surface area is 227 Å². The maximum absolute atomic E-state index is 13.4. The van der Waals surface area contributed by atoms with Crippen molar-refractivity contribution in [2.75, 3.05) is 4.90 Å². The number of ketones is 1. The Bertz CT molecular complexity index is 1530. The van der Waals surface area contributed by atoms with Gasteiger partial charge in [0.1, 0.15) is 5.76 Å². The van der Waals surface area contributed by atoms with Gasteiger partial charge in [0.25, 0.3) is 5.78 Å². The van der Waals surface area contributed by atoms with Crippen molar-refractivity contribution in [3.05, 3.63) is 111 Å². The second-order valence-electron chi connectivity index (χ2n) is 8.67. The minimum Gasteiger partial charge on any atom is -0.507 e. The van der Waals surface area contributed by atoms with Crippen LogP contribution < -0.4 is 4.90 Å². The van der Waals surface area contributed by atoms with Crippen molar-refractivity contribution in [3.63, 3.8) is 0 Å². The first-order chi connectivity index (χ1) is 17.8. The molecule has 186 valence electrons. The van der Waals surface area contributed by atoms with Crippen molar-refractivity contribution in [1.82, 2.24) is 10.2 Å². The Hall–Kier alpha value is -3.46. The zero-order valence-corrected chi connectivity index (χ0v) is 22.4. The molecule has 6 nitrogen and oxygen atoms in total. The summed E-state index contributed by atoms with van der Waals surface area (Å²) < 4.78 is 0.667. The molecule has 4 aromatic rings. The van der Waals surface area contributed by atoms with Gasteiger partial charge >= 0.3 is 5.91 Å². The number of benzene rings is 3. The third-order valence-electron chi connectivity index (χ3n) is 6.06. The average Bonchev–Trinajstić information content (AvgIpc) is 3.46. The van der Waals surface area contributed by atoms with Crippen molar-refractivity contribution in [3.8, 4) is 0 Å².